The van der Waals surface area contributed by atoms with E-state index >= 15 is 0 Å². The average Bonchev–Trinajstić information content (AvgIpc) is 3.01. The maximum atomic E-state index is 5.33. The molecule has 3 rings (SSSR count). The summed E-state index contributed by atoms with van der Waals surface area (Å²) in [5.41, 5.74) is 2.57. The van der Waals surface area contributed by atoms with Gasteiger partial charge in [0.15, 0.2) is 11.8 Å². The predicted molar refractivity (Wildman–Crippen MR) is 103 cm³/mol. The first-order chi connectivity index (χ1) is 12.6. The molecule has 0 spiro atoms. The monoisotopic (exact) mass is 354 g/mol. The number of aromatic nitrogens is 3. The zero-order valence-electron chi connectivity index (χ0n) is 15.9. The molecule has 0 bridgehead atoms. The van der Waals surface area contributed by atoms with Crippen LogP contribution in [0.2, 0.25) is 0 Å². The number of aliphatic imine (C=N–C) groups is 1. The van der Waals surface area contributed by atoms with Crippen LogP contribution in [0.15, 0.2) is 35.3 Å². The summed E-state index contributed by atoms with van der Waals surface area (Å²) in [5, 5.41) is 11.7. The van der Waals surface area contributed by atoms with Crippen LogP contribution in [0.4, 0.5) is 0 Å². The van der Waals surface area contributed by atoms with Gasteiger partial charge in [-0.3, -0.25) is 4.99 Å². The molecule has 0 aliphatic carbocycles. The summed E-state index contributed by atoms with van der Waals surface area (Å²) in [4.78, 5) is 6.66. The molecule has 0 radical (unpaired) electrons. The maximum absolute atomic E-state index is 5.33. The molecular formula is C19H26N6O. The SMILES string of the molecule is CN=C(NCc1nnc(C)n1C)N1CC=C(c2cccc(OC)c2)CC1. The molecule has 7 heteroatoms. The molecule has 1 aliphatic rings. The summed E-state index contributed by atoms with van der Waals surface area (Å²) < 4.78 is 7.31. The highest BCUT2D eigenvalue weighted by Crippen LogP contribution is 2.25. The number of benzene rings is 1. The molecular weight excluding hydrogens is 328 g/mol. The fourth-order valence-electron chi connectivity index (χ4n) is 3.04. The minimum Gasteiger partial charge on any atom is -0.497 e. The van der Waals surface area contributed by atoms with Crippen molar-refractivity contribution in [3.8, 4) is 5.75 Å². The van der Waals surface area contributed by atoms with Crippen LogP contribution in [0.3, 0.4) is 0 Å². The van der Waals surface area contributed by atoms with Gasteiger partial charge in [-0.25, -0.2) is 0 Å². The largest absolute Gasteiger partial charge is 0.497 e. The molecule has 0 amide bonds. The first-order valence-corrected chi connectivity index (χ1v) is 8.76. The Morgan fingerprint density at radius 1 is 1.35 bits per heavy atom. The molecule has 0 unspecified atom stereocenters. The second-order valence-electron chi connectivity index (χ2n) is 6.28. The lowest BCUT2D eigenvalue weighted by Crippen LogP contribution is -2.43. The molecule has 0 atom stereocenters. The molecule has 1 N–H and O–H groups in total. The number of hydrogen-bond acceptors (Lipinski definition) is 4. The Bertz CT molecular complexity index is 823. The normalized spacial score (nSPS) is 15.0. The van der Waals surface area contributed by atoms with Gasteiger partial charge in [-0.05, 0) is 36.6 Å². The molecule has 0 saturated carbocycles. The van der Waals surface area contributed by atoms with Crippen molar-refractivity contribution in [1.82, 2.24) is 25.0 Å². The summed E-state index contributed by atoms with van der Waals surface area (Å²) in [7, 11) is 5.48. The molecule has 2 aromatic rings. The van der Waals surface area contributed by atoms with Crippen molar-refractivity contribution in [3.63, 3.8) is 0 Å². The Labute approximate surface area is 154 Å². The number of methoxy groups -OCH3 is 1. The fraction of sp³-hybridized carbons (Fsp3) is 0.421. The topological polar surface area (TPSA) is 67.6 Å². The summed E-state index contributed by atoms with van der Waals surface area (Å²) in [6, 6.07) is 8.22. The third-order valence-electron chi connectivity index (χ3n) is 4.75. The van der Waals surface area contributed by atoms with Gasteiger partial charge >= 0.3 is 0 Å². The van der Waals surface area contributed by atoms with Gasteiger partial charge in [-0.15, -0.1) is 10.2 Å². The van der Waals surface area contributed by atoms with Gasteiger partial charge in [0, 0.05) is 27.2 Å². The van der Waals surface area contributed by atoms with E-state index in [9.17, 15) is 0 Å². The third kappa shape index (κ3) is 3.87. The molecule has 1 aromatic heterocycles. The van der Waals surface area contributed by atoms with E-state index in [4.69, 9.17) is 4.74 Å². The number of nitrogens with zero attached hydrogens (tertiary/aromatic N) is 5. The predicted octanol–water partition coefficient (Wildman–Crippen LogP) is 2.00. The van der Waals surface area contributed by atoms with Crippen molar-refractivity contribution in [3.05, 3.63) is 47.6 Å². The highest BCUT2D eigenvalue weighted by Gasteiger charge is 2.17. The zero-order valence-corrected chi connectivity index (χ0v) is 15.9. The van der Waals surface area contributed by atoms with Crippen molar-refractivity contribution in [2.45, 2.75) is 19.9 Å². The summed E-state index contributed by atoms with van der Waals surface area (Å²) in [6.07, 6.45) is 3.23. The number of nitrogens with one attached hydrogen (secondary N) is 1. The lowest BCUT2D eigenvalue weighted by molar-refractivity contribution is 0.414. The minimum absolute atomic E-state index is 0.604. The molecule has 138 valence electrons. The Hall–Kier alpha value is -2.83. The van der Waals surface area contributed by atoms with Crippen LogP contribution < -0.4 is 10.1 Å². The van der Waals surface area contributed by atoms with Crippen molar-refractivity contribution in [2.24, 2.45) is 12.0 Å². The van der Waals surface area contributed by atoms with Crippen LogP contribution >= 0.6 is 0 Å². The first-order valence-electron chi connectivity index (χ1n) is 8.76. The van der Waals surface area contributed by atoms with E-state index in [1.54, 1.807) is 7.11 Å². The molecule has 1 aromatic carbocycles. The van der Waals surface area contributed by atoms with E-state index in [2.05, 4.69) is 43.6 Å². The highest BCUT2D eigenvalue weighted by molar-refractivity contribution is 5.81. The van der Waals surface area contributed by atoms with Gasteiger partial charge in [0.1, 0.15) is 11.6 Å². The molecule has 0 fully saturated rings. The van der Waals surface area contributed by atoms with Crippen molar-refractivity contribution in [2.75, 3.05) is 27.2 Å². The highest BCUT2D eigenvalue weighted by atomic mass is 16.5. The van der Waals surface area contributed by atoms with E-state index in [-0.39, 0.29) is 0 Å². The van der Waals surface area contributed by atoms with Gasteiger partial charge in [-0.1, -0.05) is 18.2 Å². The lowest BCUT2D eigenvalue weighted by Gasteiger charge is -2.29. The third-order valence-corrected chi connectivity index (χ3v) is 4.75. The van der Waals surface area contributed by atoms with Crippen molar-refractivity contribution < 1.29 is 4.74 Å². The quantitative estimate of drug-likeness (QED) is 0.672. The van der Waals surface area contributed by atoms with Gasteiger partial charge < -0.3 is 19.5 Å². The van der Waals surface area contributed by atoms with E-state index in [0.717, 1.165) is 42.9 Å². The average molecular weight is 354 g/mol. The Morgan fingerprint density at radius 3 is 2.81 bits per heavy atom. The van der Waals surface area contributed by atoms with Crippen molar-refractivity contribution >= 4 is 11.5 Å². The zero-order chi connectivity index (χ0) is 18.5. The molecule has 2 heterocycles. The van der Waals surface area contributed by atoms with E-state index < -0.39 is 0 Å². The maximum Gasteiger partial charge on any atom is 0.194 e. The van der Waals surface area contributed by atoms with Crippen LogP contribution in [-0.2, 0) is 13.6 Å². The summed E-state index contributed by atoms with van der Waals surface area (Å²) >= 11 is 0. The Morgan fingerprint density at radius 2 is 2.19 bits per heavy atom. The van der Waals surface area contributed by atoms with Crippen LogP contribution in [0.5, 0.6) is 5.75 Å². The molecule has 7 nitrogen and oxygen atoms in total. The number of guanidine groups is 1. The number of hydrogen-bond donors (Lipinski definition) is 1. The molecule has 0 saturated heterocycles. The standard InChI is InChI=1S/C19H26N6O/c1-14-22-23-18(24(14)3)13-21-19(20-2)25-10-8-15(9-11-25)16-6-5-7-17(12-16)26-4/h5-8,12H,9-11,13H2,1-4H3,(H,20,21). The molecule has 1 aliphatic heterocycles. The van der Waals surface area contributed by atoms with Crippen molar-refractivity contribution in [1.29, 1.82) is 0 Å². The molecule has 26 heavy (non-hydrogen) atoms. The van der Waals surface area contributed by atoms with E-state index in [1.807, 2.05) is 37.7 Å². The Kier molecular flexibility index (Phi) is 5.55. The van der Waals surface area contributed by atoms with E-state index in [1.165, 1.54) is 11.1 Å². The lowest BCUT2D eigenvalue weighted by atomic mass is 9.99. The van der Waals surface area contributed by atoms with Crippen LogP contribution in [0, 0.1) is 6.92 Å². The number of aryl methyl sites for hydroxylation is 1. The summed E-state index contributed by atoms with van der Waals surface area (Å²) in [5.74, 6) is 3.57. The summed E-state index contributed by atoms with van der Waals surface area (Å²) in [6.45, 7) is 4.29. The fourth-order valence-corrected chi connectivity index (χ4v) is 3.04. The Balaban J connectivity index is 1.63. The van der Waals surface area contributed by atoms with Gasteiger partial charge in [0.2, 0.25) is 0 Å². The first kappa shape index (κ1) is 18.0. The minimum atomic E-state index is 0.604. The number of rotatable bonds is 4. The second-order valence-corrected chi connectivity index (χ2v) is 6.28. The van der Waals surface area contributed by atoms with Gasteiger partial charge in [0.05, 0.1) is 13.7 Å². The van der Waals surface area contributed by atoms with Crippen LogP contribution in [-0.4, -0.2) is 52.9 Å². The van der Waals surface area contributed by atoms with Gasteiger partial charge in [-0.2, -0.15) is 0 Å². The van der Waals surface area contributed by atoms with Crippen LogP contribution in [0.1, 0.15) is 23.6 Å². The smallest absolute Gasteiger partial charge is 0.194 e. The second kappa shape index (κ2) is 8.03. The van der Waals surface area contributed by atoms with E-state index in [0.29, 0.717) is 6.54 Å². The van der Waals surface area contributed by atoms with Gasteiger partial charge in [0.25, 0.3) is 0 Å². The number of ether oxygens (including phenoxy) is 1. The van der Waals surface area contributed by atoms with Crippen LogP contribution in [0.25, 0.3) is 5.57 Å².